The maximum absolute atomic E-state index is 12.3. The summed E-state index contributed by atoms with van der Waals surface area (Å²) in [6.45, 7) is 3.03. The van der Waals surface area contributed by atoms with E-state index in [0.717, 1.165) is 16.9 Å². The van der Waals surface area contributed by atoms with Crippen molar-refractivity contribution in [2.45, 2.75) is 25.8 Å². The van der Waals surface area contributed by atoms with Crippen LogP contribution in [0.1, 0.15) is 30.8 Å². The topological polar surface area (TPSA) is 86.5 Å². The minimum atomic E-state index is -0.141. The lowest BCUT2D eigenvalue weighted by Crippen LogP contribution is -2.27. The van der Waals surface area contributed by atoms with Crippen molar-refractivity contribution in [2.75, 3.05) is 13.2 Å². The first-order valence-electron chi connectivity index (χ1n) is 8.73. The van der Waals surface area contributed by atoms with E-state index in [9.17, 15) is 4.79 Å². The molecule has 3 aromatic rings. The van der Waals surface area contributed by atoms with Crippen LogP contribution in [0.5, 0.6) is 11.5 Å². The van der Waals surface area contributed by atoms with E-state index in [1.54, 1.807) is 11.3 Å². The van der Waals surface area contributed by atoms with Gasteiger partial charge in [0.1, 0.15) is 13.2 Å². The molecule has 1 N–H and O–H groups in total. The van der Waals surface area contributed by atoms with Crippen LogP contribution in [-0.4, -0.2) is 29.3 Å². The summed E-state index contributed by atoms with van der Waals surface area (Å²) < 4.78 is 16.3. The SMILES string of the molecule is CC(NC(=O)CCc1nc(-c2ccsc2)no1)c1ccc2c(c1)OCCO2. The molecule has 1 aliphatic rings. The van der Waals surface area contributed by atoms with E-state index in [0.29, 0.717) is 37.1 Å². The second-order valence-electron chi connectivity index (χ2n) is 6.22. The Morgan fingerprint density at radius 3 is 2.93 bits per heavy atom. The van der Waals surface area contributed by atoms with Crippen molar-refractivity contribution in [3.63, 3.8) is 0 Å². The molecule has 0 spiro atoms. The van der Waals surface area contributed by atoms with E-state index in [2.05, 4.69) is 15.5 Å². The number of benzene rings is 1. The highest BCUT2D eigenvalue weighted by molar-refractivity contribution is 7.08. The molecule has 1 unspecified atom stereocenters. The molecule has 0 saturated carbocycles. The Bertz CT molecular complexity index is 923. The zero-order chi connectivity index (χ0) is 18.6. The van der Waals surface area contributed by atoms with E-state index in [-0.39, 0.29) is 18.4 Å². The zero-order valence-electron chi connectivity index (χ0n) is 14.8. The van der Waals surface area contributed by atoms with Crippen LogP contribution in [0.15, 0.2) is 39.5 Å². The molecular weight excluding hydrogens is 366 g/mol. The summed E-state index contributed by atoms with van der Waals surface area (Å²) in [6.07, 6.45) is 0.678. The van der Waals surface area contributed by atoms with Gasteiger partial charge in [0.25, 0.3) is 0 Å². The molecule has 1 aromatic carbocycles. The van der Waals surface area contributed by atoms with Crippen molar-refractivity contribution < 1.29 is 18.8 Å². The van der Waals surface area contributed by atoms with Crippen LogP contribution >= 0.6 is 11.3 Å². The first kappa shape index (κ1) is 17.5. The highest BCUT2D eigenvalue weighted by Crippen LogP contribution is 2.32. The minimum absolute atomic E-state index is 0.0762. The molecule has 0 radical (unpaired) electrons. The van der Waals surface area contributed by atoms with Gasteiger partial charge in [0.2, 0.25) is 17.6 Å². The van der Waals surface area contributed by atoms with Gasteiger partial charge < -0.3 is 19.3 Å². The van der Waals surface area contributed by atoms with Gasteiger partial charge in [-0.15, -0.1) is 0 Å². The summed E-state index contributed by atoms with van der Waals surface area (Å²) in [5.74, 6) is 2.38. The van der Waals surface area contributed by atoms with Crippen LogP contribution in [0, 0.1) is 0 Å². The maximum Gasteiger partial charge on any atom is 0.227 e. The summed E-state index contributed by atoms with van der Waals surface area (Å²) in [6, 6.07) is 7.50. The Morgan fingerprint density at radius 2 is 2.11 bits per heavy atom. The minimum Gasteiger partial charge on any atom is -0.486 e. The Kier molecular flexibility index (Phi) is 5.06. The van der Waals surface area contributed by atoms with Crippen molar-refractivity contribution >= 4 is 17.2 Å². The van der Waals surface area contributed by atoms with E-state index in [4.69, 9.17) is 14.0 Å². The Balaban J connectivity index is 1.31. The number of ether oxygens (including phenoxy) is 2. The number of amides is 1. The molecule has 27 heavy (non-hydrogen) atoms. The van der Waals surface area contributed by atoms with Gasteiger partial charge in [-0.2, -0.15) is 16.3 Å². The molecule has 0 aliphatic carbocycles. The molecule has 1 amide bonds. The second kappa shape index (κ2) is 7.79. The highest BCUT2D eigenvalue weighted by atomic mass is 32.1. The number of carbonyl (C=O) groups is 1. The summed E-state index contributed by atoms with van der Waals surface area (Å²) >= 11 is 1.57. The molecule has 140 valence electrons. The van der Waals surface area contributed by atoms with Gasteiger partial charge in [-0.05, 0) is 36.1 Å². The first-order chi connectivity index (χ1) is 13.2. The normalized spacial score (nSPS) is 14.0. The molecule has 0 fully saturated rings. The van der Waals surface area contributed by atoms with Crippen LogP contribution in [-0.2, 0) is 11.2 Å². The molecule has 4 rings (SSSR count). The fraction of sp³-hybridized carbons (Fsp3) is 0.316. The van der Waals surface area contributed by atoms with Gasteiger partial charge in [0.15, 0.2) is 11.5 Å². The van der Waals surface area contributed by atoms with Gasteiger partial charge in [-0.3, -0.25) is 4.79 Å². The zero-order valence-corrected chi connectivity index (χ0v) is 15.6. The number of carbonyl (C=O) groups excluding carboxylic acids is 1. The number of nitrogens with one attached hydrogen (secondary N) is 1. The fourth-order valence-corrected chi connectivity index (χ4v) is 3.45. The van der Waals surface area contributed by atoms with Crippen LogP contribution < -0.4 is 14.8 Å². The molecule has 3 heterocycles. The number of fused-ring (bicyclic) bond motifs is 1. The van der Waals surface area contributed by atoms with Crippen molar-refractivity contribution in [1.29, 1.82) is 0 Å². The number of nitrogens with zero attached hydrogens (tertiary/aromatic N) is 2. The Morgan fingerprint density at radius 1 is 1.26 bits per heavy atom. The van der Waals surface area contributed by atoms with Gasteiger partial charge in [0, 0.05) is 23.8 Å². The molecular formula is C19H19N3O4S. The molecule has 2 aromatic heterocycles. The standard InChI is InChI=1S/C19H19N3O4S/c1-12(13-2-3-15-16(10-13)25-8-7-24-15)20-17(23)4-5-18-21-19(22-26-18)14-6-9-27-11-14/h2-3,6,9-12H,4-5,7-8H2,1H3,(H,20,23). The van der Waals surface area contributed by atoms with Crippen molar-refractivity contribution in [3.05, 3.63) is 46.5 Å². The highest BCUT2D eigenvalue weighted by Gasteiger charge is 2.16. The molecule has 1 atom stereocenters. The molecule has 0 bridgehead atoms. The smallest absolute Gasteiger partial charge is 0.227 e. The van der Waals surface area contributed by atoms with Crippen LogP contribution in [0.3, 0.4) is 0 Å². The number of aromatic nitrogens is 2. The van der Waals surface area contributed by atoms with Gasteiger partial charge >= 0.3 is 0 Å². The number of hydrogen-bond donors (Lipinski definition) is 1. The maximum atomic E-state index is 12.3. The lowest BCUT2D eigenvalue weighted by atomic mass is 10.1. The summed E-state index contributed by atoms with van der Waals surface area (Å²) in [4.78, 5) is 16.6. The molecule has 0 saturated heterocycles. The quantitative estimate of drug-likeness (QED) is 0.700. The van der Waals surface area contributed by atoms with E-state index in [1.165, 1.54) is 0 Å². The average molecular weight is 385 g/mol. The summed E-state index contributed by atoms with van der Waals surface area (Å²) in [5, 5.41) is 10.8. The third kappa shape index (κ3) is 4.11. The van der Waals surface area contributed by atoms with E-state index < -0.39 is 0 Å². The lowest BCUT2D eigenvalue weighted by molar-refractivity contribution is -0.121. The number of aryl methyl sites for hydroxylation is 1. The first-order valence-corrected chi connectivity index (χ1v) is 9.67. The third-order valence-electron chi connectivity index (χ3n) is 4.26. The molecule has 7 nitrogen and oxygen atoms in total. The Labute approximate surface area is 160 Å². The predicted octanol–water partition coefficient (Wildman–Crippen LogP) is 3.38. The number of thiophene rings is 1. The summed E-state index contributed by atoms with van der Waals surface area (Å²) in [5.41, 5.74) is 1.89. The van der Waals surface area contributed by atoms with Gasteiger partial charge in [0.05, 0.1) is 6.04 Å². The number of hydrogen-bond acceptors (Lipinski definition) is 7. The van der Waals surface area contributed by atoms with E-state index >= 15 is 0 Å². The number of rotatable bonds is 6. The van der Waals surface area contributed by atoms with Crippen molar-refractivity contribution in [3.8, 4) is 22.9 Å². The van der Waals surface area contributed by atoms with E-state index in [1.807, 2.05) is 41.9 Å². The summed E-state index contributed by atoms with van der Waals surface area (Å²) in [7, 11) is 0. The van der Waals surface area contributed by atoms with Crippen LogP contribution in [0.2, 0.25) is 0 Å². The fourth-order valence-electron chi connectivity index (χ4n) is 2.81. The van der Waals surface area contributed by atoms with Crippen molar-refractivity contribution in [1.82, 2.24) is 15.5 Å². The third-order valence-corrected chi connectivity index (χ3v) is 4.94. The van der Waals surface area contributed by atoms with Crippen LogP contribution in [0.4, 0.5) is 0 Å². The van der Waals surface area contributed by atoms with Gasteiger partial charge in [-0.1, -0.05) is 11.2 Å². The molecule has 8 heteroatoms. The largest absolute Gasteiger partial charge is 0.486 e. The van der Waals surface area contributed by atoms with Crippen LogP contribution in [0.25, 0.3) is 11.4 Å². The monoisotopic (exact) mass is 385 g/mol. The lowest BCUT2D eigenvalue weighted by Gasteiger charge is -2.21. The van der Waals surface area contributed by atoms with Gasteiger partial charge in [-0.25, -0.2) is 0 Å². The Hall–Kier alpha value is -2.87. The van der Waals surface area contributed by atoms with Crippen molar-refractivity contribution in [2.24, 2.45) is 0 Å². The predicted molar refractivity (Wildman–Crippen MR) is 99.9 cm³/mol. The average Bonchev–Trinajstić information content (AvgIpc) is 3.37. The molecule has 1 aliphatic heterocycles. The second-order valence-corrected chi connectivity index (χ2v) is 7.00.